The minimum absolute atomic E-state index is 0.109. The van der Waals surface area contributed by atoms with Crippen LogP contribution in [0.15, 0.2) is 18.2 Å². The third-order valence-corrected chi connectivity index (χ3v) is 3.37. The normalized spacial score (nSPS) is 10.9. The van der Waals surface area contributed by atoms with Crippen molar-refractivity contribution < 1.29 is 19.0 Å². The monoisotopic (exact) mass is 321 g/mol. The van der Waals surface area contributed by atoms with Crippen molar-refractivity contribution in [3.8, 4) is 17.2 Å². The molecule has 0 aliphatic rings. The number of hydrogen-bond acceptors (Lipinski definition) is 4. The second-order valence-corrected chi connectivity index (χ2v) is 5.62. The second kappa shape index (κ2) is 9.77. The quantitative estimate of drug-likeness (QED) is 0.560. The zero-order valence-electron chi connectivity index (χ0n) is 14.6. The van der Waals surface area contributed by atoms with E-state index >= 15 is 0 Å². The highest BCUT2D eigenvalue weighted by atomic mass is 16.5. The Kier molecular flexibility index (Phi) is 8.02. The van der Waals surface area contributed by atoms with Gasteiger partial charge in [-0.25, -0.2) is 0 Å². The standard InChI is InChI=1S/C18H27NO4/c1-13(2)7-6-10-19-17(20)9-8-14-11-15(21-3)18(23-5)16(12-14)22-4/h8-9,11-13H,6-7,10H2,1-5H3,(H,19,20)/b9-8+. The highest BCUT2D eigenvalue weighted by Gasteiger charge is 2.12. The number of carbonyl (C=O) groups is 1. The third kappa shape index (κ3) is 6.22. The second-order valence-electron chi connectivity index (χ2n) is 5.62. The number of carbonyl (C=O) groups excluding carboxylic acids is 1. The summed E-state index contributed by atoms with van der Waals surface area (Å²) in [7, 11) is 4.68. The number of ether oxygens (including phenoxy) is 3. The number of benzene rings is 1. The van der Waals surface area contributed by atoms with Crippen molar-refractivity contribution in [3.63, 3.8) is 0 Å². The first-order chi connectivity index (χ1) is 11.0. The maximum atomic E-state index is 11.8. The molecule has 1 amide bonds. The van der Waals surface area contributed by atoms with Gasteiger partial charge in [-0.1, -0.05) is 13.8 Å². The Morgan fingerprint density at radius 1 is 1.13 bits per heavy atom. The van der Waals surface area contributed by atoms with E-state index in [0.717, 1.165) is 18.4 Å². The molecule has 1 aromatic carbocycles. The lowest BCUT2D eigenvalue weighted by Crippen LogP contribution is -2.22. The first-order valence-corrected chi connectivity index (χ1v) is 7.77. The van der Waals surface area contributed by atoms with Crippen molar-refractivity contribution in [2.24, 2.45) is 5.92 Å². The zero-order valence-corrected chi connectivity index (χ0v) is 14.6. The van der Waals surface area contributed by atoms with Gasteiger partial charge in [0, 0.05) is 12.6 Å². The van der Waals surface area contributed by atoms with Crippen LogP contribution in [-0.4, -0.2) is 33.8 Å². The van der Waals surface area contributed by atoms with Gasteiger partial charge >= 0.3 is 0 Å². The molecule has 0 unspecified atom stereocenters. The molecule has 0 aromatic heterocycles. The van der Waals surface area contributed by atoms with Gasteiger partial charge in [-0.3, -0.25) is 4.79 Å². The largest absolute Gasteiger partial charge is 0.493 e. The lowest BCUT2D eigenvalue weighted by Gasteiger charge is -2.12. The molecule has 128 valence electrons. The molecule has 1 N–H and O–H groups in total. The molecule has 0 saturated carbocycles. The summed E-state index contributed by atoms with van der Waals surface area (Å²) in [5.41, 5.74) is 0.803. The van der Waals surface area contributed by atoms with Crippen molar-refractivity contribution in [2.45, 2.75) is 26.7 Å². The third-order valence-electron chi connectivity index (χ3n) is 3.37. The summed E-state index contributed by atoms with van der Waals surface area (Å²) in [6.45, 7) is 5.04. The molecule has 0 radical (unpaired) electrons. The molecule has 1 rings (SSSR count). The van der Waals surface area contributed by atoms with Crippen molar-refractivity contribution in [2.75, 3.05) is 27.9 Å². The molecule has 0 saturated heterocycles. The molecular formula is C18H27NO4. The predicted molar refractivity (Wildman–Crippen MR) is 92.2 cm³/mol. The Hall–Kier alpha value is -2.17. The van der Waals surface area contributed by atoms with Crippen LogP contribution in [0.25, 0.3) is 6.08 Å². The summed E-state index contributed by atoms with van der Waals surface area (Å²) < 4.78 is 15.8. The maximum absolute atomic E-state index is 11.8. The van der Waals surface area contributed by atoms with Crippen LogP contribution in [0.3, 0.4) is 0 Å². The van der Waals surface area contributed by atoms with E-state index in [-0.39, 0.29) is 5.91 Å². The van der Waals surface area contributed by atoms with Crippen molar-refractivity contribution in [3.05, 3.63) is 23.8 Å². The van der Waals surface area contributed by atoms with Crippen LogP contribution in [0, 0.1) is 5.92 Å². The Labute approximate surface area is 138 Å². The molecule has 0 aliphatic carbocycles. The van der Waals surface area contributed by atoms with E-state index in [4.69, 9.17) is 14.2 Å². The van der Waals surface area contributed by atoms with E-state index in [0.29, 0.717) is 29.7 Å². The lowest BCUT2D eigenvalue weighted by molar-refractivity contribution is -0.116. The molecule has 5 nitrogen and oxygen atoms in total. The Balaban J connectivity index is 2.70. The molecule has 1 aromatic rings. The van der Waals surface area contributed by atoms with Gasteiger partial charge in [0.05, 0.1) is 21.3 Å². The number of amides is 1. The molecule has 0 spiro atoms. The Morgan fingerprint density at radius 3 is 2.22 bits per heavy atom. The van der Waals surface area contributed by atoms with Crippen LogP contribution in [-0.2, 0) is 4.79 Å². The average molecular weight is 321 g/mol. The summed E-state index contributed by atoms with van der Waals surface area (Å²) in [5, 5.41) is 2.88. The first kappa shape index (κ1) is 18.9. The summed E-state index contributed by atoms with van der Waals surface area (Å²) >= 11 is 0. The lowest BCUT2D eigenvalue weighted by atomic mass is 10.1. The Morgan fingerprint density at radius 2 is 1.74 bits per heavy atom. The van der Waals surface area contributed by atoms with E-state index < -0.39 is 0 Å². The van der Waals surface area contributed by atoms with E-state index in [1.807, 2.05) is 0 Å². The maximum Gasteiger partial charge on any atom is 0.243 e. The van der Waals surface area contributed by atoms with Crippen LogP contribution in [0.2, 0.25) is 0 Å². The highest BCUT2D eigenvalue weighted by Crippen LogP contribution is 2.38. The molecule has 0 atom stereocenters. The van der Waals surface area contributed by atoms with Gasteiger partial charge in [0.25, 0.3) is 0 Å². The molecule has 0 bridgehead atoms. The molecule has 0 aliphatic heterocycles. The van der Waals surface area contributed by atoms with Crippen LogP contribution >= 0.6 is 0 Å². The SMILES string of the molecule is COc1cc(/C=C/C(=O)NCCCC(C)C)cc(OC)c1OC. The molecule has 5 heteroatoms. The van der Waals surface area contributed by atoms with Crippen LogP contribution in [0.5, 0.6) is 17.2 Å². The van der Waals surface area contributed by atoms with E-state index in [1.54, 1.807) is 39.5 Å². The van der Waals surface area contributed by atoms with E-state index in [2.05, 4.69) is 19.2 Å². The van der Waals surface area contributed by atoms with Gasteiger partial charge in [0.2, 0.25) is 11.7 Å². The van der Waals surface area contributed by atoms with Gasteiger partial charge in [0.1, 0.15) is 0 Å². The predicted octanol–water partition coefficient (Wildman–Crippen LogP) is 3.28. The fourth-order valence-electron chi connectivity index (χ4n) is 2.15. The first-order valence-electron chi connectivity index (χ1n) is 7.77. The zero-order chi connectivity index (χ0) is 17.2. The van der Waals surface area contributed by atoms with Crippen molar-refractivity contribution in [1.29, 1.82) is 0 Å². The molecule has 23 heavy (non-hydrogen) atoms. The van der Waals surface area contributed by atoms with Gasteiger partial charge in [-0.05, 0) is 42.5 Å². The summed E-state index contributed by atoms with van der Waals surface area (Å²) in [6.07, 6.45) is 5.33. The molecular weight excluding hydrogens is 294 g/mol. The highest BCUT2D eigenvalue weighted by molar-refractivity contribution is 5.91. The minimum atomic E-state index is -0.109. The van der Waals surface area contributed by atoms with Crippen LogP contribution < -0.4 is 19.5 Å². The van der Waals surface area contributed by atoms with Gasteiger partial charge in [-0.2, -0.15) is 0 Å². The van der Waals surface area contributed by atoms with Crippen LogP contribution in [0.4, 0.5) is 0 Å². The topological polar surface area (TPSA) is 56.8 Å². The van der Waals surface area contributed by atoms with Crippen molar-refractivity contribution in [1.82, 2.24) is 5.32 Å². The summed E-state index contributed by atoms with van der Waals surface area (Å²) in [6, 6.07) is 3.59. The molecule has 0 fully saturated rings. The fourth-order valence-corrected chi connectivity index (χ4v) is 2.15. The fraction of sp³-hybridized carbons (Fsp3) is 0.500. The van der Waals surface area contributed by atoms with Crippen molar-refractivity contribution >= 4 is 12.0 Å². The smallest absolute Gasteiger partial charge is 0.243 e. The van der Waals surface area contributed by atoms with Gasteiger partial charge in [-0.15, -0.1) is 0 Å². The van der Waals surface area contributed by atoms with Gasteiger partial charge < -0.3 is 19.5 Å². The average Bonchev–Trinajstić information content (AvgIpc) is 2.55. The van der Waals surface area contributed by atoms with Crippen LogP contribution in [0.1, 0.15) is 32.3 Å². The van der Waals surface area contributed by atoms with E-state index in [1.165, 1.54) is 6.08 Å². The number of methoxy groups -OCH3 is 3. The van der Waals surface area contributed by atoms with Gasteiger partial charge in [0.15, 0.2) is 11.5 Å². The summed E-state index contributed by atoms with van der Waals surface area (Å²) in [5.74, 6) is 2.20. The summed E-state index contributed by atoms with van der Waals surface area (Å²) in [4.78, 5) is 11.8. The molecule has 0 heterocycles. The van der Waals surface area contributed by atoms with E-state index in [9.17, 15) is 4.79 Å². The number of rotatable bonds is 9. The number of hydrogen-bond donors (Lipinski definition) is 1. The number of nitrogens with one attached hydrogen (secondary N) is 1. The Bertz CT molecular complexity index is 513. The minimum Gasteiger partial charge on any atom is -0.493 e.